The summed E-state index contributed by atoms with van der Waals surface area (Å²) in [5.41, 5.74) is -6.36. The van der Waals surface area contributed by atoms with Crippen molar-refractivity contribution in [2.24, 2.45) is 0 Å². The number of aromatic nitrogens is 1. The van der Waals surface area contributed by atoms with Gasteiger partial charge < -0.3 is 14.1 Å². The number of halogens is 5. The molecule has 1 N–H and O–H groups in total. The topological polar surface area (TPSA) is 94.5 Å². The molecule has 0 aliphatic heterocycles. The fraction of sp³-hybridized carbons (Fsp3) is 0.0833. The van der Waals surface area contributed by atoms with Crippen LogP contribution in [0.2, 0.25) is 0 Å². The number of pyridine rings is 1. The van der Waals surface area contributed by atoms with Crippen LogP contribution >= 0.6 is 0 Å². The third kappa shape index (κ3) is 5.45. The smallest absolute Gasteiger partial charge is 0.376 e. The van der Waals surface area contributed by atoms with E-state index in [0.717, 1.165) is 28.8 Å². The summed E-state index contributed by atoms with van der Waals surface area (Å²) in [6.45, 7) is -0.153. The molecule has 0 spiro atoms. The number of fused-ring (bicyclic) bond motifs is 1. The van der Waals surface area contributed by atoms with Crippen molar-refractivity contribution >= 4 is 32.5 Å². The van der Waals surface area contributed by atoms with Crippen LogP contribution in [0.15, 0.2) is 77.7 Å². The van der Waals surface area contributed by atoms with Crippen LogP contribution in [0.1, 0.15) is 15.9 Å². The molecule has 0 unspecified atom stereocenters. The molecule has 0 atom stereocenters. The first kappa shape index (κ1) is 25.8. The highest BCUT2D eigenvalue weighted by Crippen LogP contribution is 2.31. The van der Waals surface area contributed by atoms with Gasteiger partial charge in [-0.05, 0) is 53.4 Å². The second kappa shape index (κ2) is 9.65. The highest BCUT2D eigenvalue weighted by atomic mass is 32.2. The van der Waals surface area contributed by atoms with Crippen LogP contribution in [0.5, 0.6) is 5.75 Å². The first-order valence-corrected chi connectivity index (χ1v) is 11.7. The molecular formula is C24H15F5N2O5S. The minimum Gasteiger partial charge on any atom is -0.376 e. The van der Waals surface area contributed by atoms with E-state index in [1.165, 1.54) is 42.6 Å². The Morgan fingerprint density at radius 1 is 0.946 bits per heavy atom. The Labute approximate surface area is 205 Å². The third-order valence-electron chi connectivity index (χ3n) is 5.19. The second-order valence-electron chi connectivity index (χ2n) is 7.73. The van der Waals surface area contributed by atoms with E-state index in [4.69, 9.17) is 0 Å². The van der Waals surface area contributed by atoms with Gasteiger partial charge in [0.1, 0.15) is 11.3 Å². The molecule has 0 bridgehead atoms. The largest absolute Gasteiger partial charge is 0.534 e. The molecule has 4 aromatic rings. The third-order valence-corrected chi connectivity index (χ3v) is 6.17. The lowest BCUT2D eigenvalue weighted by Crippen LogP contribution is -2.29. The van der Waals surface area contributed by atoms with Gasteiger partial charge in [0.05, 0.1) is 6.54 Å². The first-order chi connectivity index (χ1) is 17.4. The maximum absolute atomic E-state index is 13.5. The van der Waals surface area contributed by atoms with Crippen molar-refractivity contribution in [1.82, 2.24) is 4.57 Å². The molecule has 0 radical (unpaired) electrons. The molecule has 7 nitrogen and oxygen atoms in total. The predicted octanol–water partition coefficient (Wildman–Crippen LogP) is 4.81. The summed E-state index contributed by atoms with van der Waals surface area (Å²) < 4.78 is 92.7. The molecule has 1 amide bonds. The van der Waals surface area contributed by atoms with Crippen LogP contribution < -0.4 is 15.1 Å². The second-order valence-corrected chi connectivity index (χ2v) is 9.27. The van der Waals surface area contributed by atoms with Gasteiger partial charge in [-0.25, -0.2) is 8.78 Å². The van der Waals surface area contributed by atoms with Crippen molar-refractivity contribution in [3.05, 3.63) is 106 Å². The van der Waals surface area contributed by atoms with E-state index in [1.807, 2.05) is 0 Å². The molecule has 37 heavy (non-hydrogen) atoms. The van der Waals surface area contributed by atoms with Crippen molar-refractivity contribution in [3.63, 3.8) is 0 Å². The van der Waals surface area contributed by atoms with Crippen LogP contribution in [-0.2, 0) is 16.7 Å². The molecule has 13 heteroatoms. The highest BCUT2D eigenvalue weighted by molar-refractivity contribution is 7.88. The first-order valence-electron chi connectivity index (χ1n) is 10.3. The van der Waals surface area contributed by atoms with E-state index in [0.29, 0.717) is 5.39 Å². The summed E-state index contributed by atoms with van der Waals surface area (Å²) in [4.78, 5) is 25.8. The van der Waals surface area contributed by atoms with E-state index < -0.39 is 44.5 Å². The summed E-state index contributed by atoms with van der Waals surface area (Å²) in [6.07, 6.45) is 1.35. The zero-order valence-corrected chi connectivity index (χ0v) is 19.2. The minimum atomic E-state index is -5.92. The zero-order chi connectivity index (χ0) is 27.0. The lowest BCUT2D eigenvalue weighted by Gasteiger charge is -2.13. The van der Waals surface area contributed by atoms with Gasteiger partial charge in [-0.1, -0.05) is 24.3 Å². The van der Waals surface area contributed by atoms with E-state index in [9.17, 15) is 40.0 Å². The Balaban J connectivity index is 1.63. The van der Waals surface area contributed by atoms with Crippen LogP contribution in [-0.4, -0.2) is 24.4 Å². The van der Waals surface area contributed by atoms with Gasteiger partial charge in [-0.3, -0.25) is 9.59 Å². The van der Waals surface area contributed by atoms with E-state index >= 15 is 0 Å². The number of carbonyl (C=O) groups excluding carboxylic acids is 1. The van der Waals surface area contributed by atoms with Gasteiger partial charge in [-0.2, -0.15) is 21.6 Å². The van der Waals surface area contributed by atoms with Gasteiger partial charge in [0, 0.05) is 17.3 Å². The molecule has 1 aromatic heterocycles. The van der Waals surface area contributed by atoms with Crippen LogP contribution in [0.3, 0.4) is 0 Å². The molecular weight excluding hydrogens is 523 g/mol. The molecule has 4 rings (SSSR count). The summed E-state index contributed by atoms with van der Waals surface area (Å²) in [7, 11) is -5.92. The normalized spacial score (nSPS) is 11.9. The van der Waals surface area contributed by atoms with Crippen molar-refractivity contribution in [2.75, 3.05) is 5.32 Å². The maximum atomic E-state index is 13.5. The molecule has 1 heterocycles. The molecule has 0 fully saturated rings. The van der Waals surface area contributed by atoms with Gasteiger partial charge in [-0.15, -0.1) is 0 Å². The van der Waals surface area contributed by atoms with Gasteiger partial charge in [0.15, 0.2) is 11.6 Å². The number of hydrogen-bond acceptors (Lipinski definition) is 5. The molecule has 3 aromatic carbocycles. The number of nitrogens with one attached hydrogen (secondary N) is 1. The standard InChI is InChI=1S/C24H15F5N2O5S/c25-19-9-6-14(11-20(19)26)13-31-10-2-4-17(23(31)33)22(32)30-21-5-1-3-15-7-8-16(12-18(15)21)36-37(34,35)24(27,28)29/h1-12H,13H2,(H,30,32). The fourth-order valence-electron chi connectivity index (χ4n) is 3.45. The van der Waals surface area contributed by atoms with Crippen LogP contribution in [0, 0.1) is 11.6 Å². The Kier molecular flexibility index (Phi) is 6.74. The van der Waals surface area contributed by atoms with Crippen LogP contribution in [0.25, 0.3) is 10.8 Å². The number of hydrogen-bond donors (Lipinski definition) is 1. The predicted molar refractivity (Wildman–Crippen MR) is 124 cm³/mol. The molecule has 0 saturated carbocycles. The monoisotopic (exact) mass is 538 g/mol. The lowest BCUT2D eigenvalue weighted by atomic mass is 10.1. The average Bonchev–Trinajstić information content (AvgIpc) is 2.82. The summed E-state index contributed by atoms with van der Waals surface area (Å²) in [6, 6.07) is 13.5. The van der Waals surface area contributed by atoms with Gasteiger partial charge in [0.25, 0.3) is 11.5 Å². The van der Waals surface area contributed by atoms with Gasteiger partial charge >= 0.3 is 15.6 Å². The quantitative estimate of drug-likeness (QED) is 0.216. The SMILES string of the molecule is O=C(Nc1cccc2ccc(OS(=O)(=O)C(F)(F)F)cc12)c1cccn(Cc2ccc(F)c(F)c2)c1=O. The van der Waals surface area contributed by atoms with E-state index in [1.54, 1.807) is 6.07 Å². The number of anilines is 1. The number of alkyl halides is 3. The Morgan fingerprint density at radius 2 is 1.70 bits per heavy atom. The summed E-state index contributed by atoms with van der Waals surface area (Å²) in [5.74, 6) is -3.66. The van der Waals surface area contributed by atoms with E-state index in [2.05, 4.69) is 9.50 Å². The molecule has 192 valence electrons. The number of amides is 1. The maximum Gasteiger partial charge on any atom is 0.534 e. The lowest BCUT2D eigenvalue weighted by molar-refractivity contribution is -0.0500. The summed E-state index contributed by atoms with van der Waals surface area (Å²) >= 11 is 0. The Bertz CT molecular complexity index is 1680. The minimum absolute atomic E-state index is 0.0627. The number of rotatable bonds is 6. The van der Waals surface area contributed by atoms with Crippen molar-refractivity contribution in [1.29, 1.82) is 0 Å². The Hall–Kier alpha value is -4.26. The van der Waals surface area contributed by atoms with Crippen molar-refractivity contribution in [2.45, 2.75) is 12.1 Å². The molecule has 0 saturated heterocycles. The highest BCUT2D eigenvalue weighted by Gasteiger charge is 2.48. The molecule has 0 aliphatic carbocycles. The Morgan fingerprint density at radius 3 is 2.41 bits per heavy atom. The van der Waals surface area contributed by atoms with Gasteiger partial charge in [0.2, 0.25) is 0 Å². The van der Waals surface area contributed by atoms with E-state index in [-0.39, 0.29) is 28.7 Å². The fourth-order valence-corrected chi connectivity index (χ4v) is 3.90. The summed E-state index contributed by atoms with van der Waals surface area (Å²) in [5, 5.41) is 3.05. The number of carbonyl (C=O) groups is 1. The van der Waals surface area contributed by atoms with Crippen molar-refractivity contribution in [3.8, 4) is 5.75 Å². The van der Waals surface area contributed by atoms with Crippen molar-refractivity contribution < 1.29 is 39.3 Å². The number of nitrogens with zero attached hydrogens (tertiary/aromatic N) is 1. The van der Waals surface area contributed by atoms with Crippen LogP contribution in [0.4, 0.5) is 27.6 Å². The zero-order valence-electron chi connectivity index (χ0n) is 18.4. The molecule has 0 aliphatic rings. The average molecular weight is 538 g/mol. The number of benzene rings is 3.